The quantitative estimate of drug-likeness (QED) is 0.718. The standard InChI is InChI=1S/C13H25NO3/c1-3-10-6-4-5-7-12(10)17-9-8-11(14-2)13(15)16/h10-12,14H,3-9H2,1-2H3,(H,15,16). The van der Waals surface area contributed by atoms with Gasteiger partial charge in [-0.05, 0) is 32.2 Å². The second kappa shape index (κ2) is 7.67. The average molecular weight is 243 g/mol. The summed E-state index contributed by atoms with van der Waals surface area (Å²) in [7, 11) is 1.67. The number of nitrogens with one attached hydrogen (secondary N) is 1. The number of ether oxygens (including phenoxy) is 1. The van der Waals surface area contributed by atoms with Crippen LogP contribution in [0.2, 0.25) is 0 Å². The summed E-state index contributed by atoms with van der Waals surface area (Å²) in [5, 5.41) is 11.7. The number of hydrogen-bond donors (Lipinski definition) is 2. The van der Waals surface area contributed by atoms with Crippen LogP contribution < -0.4 is 5.32 Å². The molecule has 3 unspecified atom stereocenters. The van der Waals surface area contributed by atoms with Gasteiger partial charge in [-0.1, -0.05) is 26.2 Å². The molecular weight excluding hydrogens is 218 g/mol. The van der Waals surface area contributed by atoms with Gasteiger partial charge in [0.05, 0.1) is 6.10 Å². The van der Waals surface area contributed by atoms with Crippen LogP contribution in [-0.2, 0) is 9.53 Å². The van der Waals surface area contributed by atoms with Crippen LogP contribution in [0, 0.1) is 5.92 Å². The van der Waals surface area contributed by atoms with Crippen LogP contribution in [0.3, 0.4) is 0 Å². The van der Waals surface area contributed by atoms with Crippen molar-refractivity contribution < 1.29 is 14.6 Å². The lowest BCUT2D eigenvalue weighted by atomic mass is 9.85. The molecule has 100 valence electrons. The molecule has 1 aliphatic carbocycles. The van der Waals surface area contributed by atoms with Crippen molar-refractivity contribution in [3.63, 3.8) is 0 Å². The molecule has 0 aromatic heterocycles. The molecule has 0 bridgehead atoms. The van der Waals surface area contributed by atoms with Crippen molar-refractivity contribution in [2.24, 2.45) is 5.92 Å². The molecule has 0 saturated heterocycles. The van der Waals surface area contributed by atoms with E-state index in [9.17, 15) is 4.79 Å². The first-order chi connectivity index (χ1) is 8.19. The number of likely N-dealkylation sites (N-methyl/N-ethyl adjacent to an activating group) is 1. The fourth-order valence-corrected chi connectivity index (χ4v) is 2.59. The van der Waals surface area contributed by atoms with Crippen LogP contribution in [0.5, 0.6) is 0 Å². The highest BCUT2D eigenvalue weighted by molar-refractivity contribution is 5.73. The van der Waals surface area contributed by atoms with Gasteiger partial charge in [0.25, 0.3) is 0 Å². The largest absolute Gasteiger partial charge is 0.480 e. The van der Waals surface area contributed by atoms with E-state index in [0.29, 0.717) is 25.0 Å². The Morgan fingerprint density at radius 2 is 2.18 bits per heavy atom. The molecule has 0 radical (unpaired) electrons. The lowest BCUT2D eigenvalue weighted by Gasteiger charge is -2.31. The predicted octanol–water partition coefficient (Wildman–Crippen LogP) is 2.03. The maximum absolute atomic E-state index is 10.8. The van der Waals surface area contributed by atoms with Crippen molar-refractivity contribution in [2.45, 2.75) is 57.6 Å². The third-order valence-electron chi connectivity index (χ3n) is 3.75. The highest BCUT2D eigenvalue weighted by atomic mass is 16.5. The van der Waals surface area contributed by atoms with Crippen molar-refractivity contribution in [3.05, 3.63) is 0 Å². The average Bonchev–Trinajstić information content (AvgIpc) is 2.34. The van der Waals surface area contributed by atoms with E-state index in [2.05, 4.69) is 12.2 Å². The van der Waals surface area contributed by atoms with Gasteiger partial charge >= 0.3 is 5.97 Å². The molecule has 2 N–H and O–H groups in total. The molecule has 0 aromatic rings. The van der Waals surface area contributed by atoms with Gasteiger partial charge in [-0.25, -0.2) is 0 Å². The van der Waals surface area contributed by atoms with Gasteiger partial charge in [0.2, 0.25) is 0 Å². The second-order valence-electron chi connectivity index (χ2n) is 4.83. The van der Waals surface area contributed by atoms with E-state index in [1.54, 1.807) is 7.05 Å². The van der Waals surface area contributed by atoms with E-state index in [0.717, 1.165) is 6.42 Å². The molecule has 1 fully saturated rings. The smallest absolute Gasteiger partial charge is 0.320 e. The maximum atomic E-state index is 10.8. The van der Waals surface area contributed by atoms with Gasteiger partial charge in [-0.15, -0.1) is 0 Å². The number of aliphatic carboxylic acids is 1. The number of hydrogen-bond acceptors (Lipinski definition) is 3. The molecule has 1 saturated carbocycles. The van der Waals surface area contributed by atoms with Gasteiger partial charge in [0, 0.05) is 6.61 Å². The summed E-state index contributed by atoms with van der Waals surface area (Å²) in [6.07, 6.45) is 7.01. The number of rotatable bonds is 7. The minimum Gasteiger partial charge on any atom is -0.480 e. The van der Waals surface area contributed by atoms with Crippen LogP contribution in [0.25, 0.3) is 0 Å². The third kappa shape index (κ3) is 4.64. The summed E-state index contributed by atoms with van der Waals surface area (Å²) in [6.45, 7) is 2.75. The normalized spacial score (nSPS) is 26.7. The van der Waals surface area contributed by atoms with Gasteiger partial charge in [-0.2, -0.15) is 0 Å². The topological polar surface area (TPSA) is 58.6 Å². The second-order valence-corrected chi connectivity index (χ2v) is 4.83. The summed E-state index contributed by atoms with van der Waals surface area (Å²) in [5.41, 5.74) is 0. The zero-order chi connectivity index (χ0) is 12.7. The molecule has 0 heterocycles. The molecule has 0 aromatic carbocycles. The van der Waals surface area contributed by atoms with E-state index in [1.807, 2.05) is 0 Å². The summed E-state index contributed by atoms with van der Waals surface area (Å²) < 4.78 is 5.87. The van der Waals surface area contributed by atoms with Crippen molar-refractivity contribution >= 4 is 5.97 Å². The van der Waals surface area contributed by atoms with Crippen LogP contribution in [0.1, 0.15) is 45.4 Å². The Labute approximate surface area is 104 Å². The Kier molecular flexibility index (Phi) is 6.52. The Morgan fingerprint density at radius 1 is 1.47 bits per heavy atom. The SMILES string of the molecule is CCC1CCCCC1OCCC(NC)C(=O)O. The monoisotopic (exact) mass is 243 g/mol. The van der Waals surface area contributed by atoms with Crippen LogP contribution in [0.15, 0.2) is 0 Å². The summed E-state index contributed by atoms with van der Waals surface area (Å²) in [6, 6.07) is -0.487. The van der Waals surface area contributed by atoms with Crippen molar-refractivity contribution in [1.29, 1.82) is 0 Å². The maximum Gasteiger partial charge on any atom is 0.320 e. The van der Waals surface area contributed by atoms with E-state index in [4.69, 9.17) is 9.84 Å². The van der Waals surface area contributed by atoms with E-state index in [-0.39, 0.29) is 0 Å². The minimum atomic E-state index is -0.799. The van der Waals surface area contributed by atoms with Crippen LogP contribution in [-0.4, -0.2) is 36.9 Å². The Hall–Kier alpha value is -0.610. The molecule has 17 heavy (non-hydrogen) atoms. The lowest BCUT2D eigenvalue weighted by molar-refractivity contribution is -0.140. The first-order valence-corrected chi connectivity index (χ1v) is 6.70. The molecule has 4 heteroatoms. The molecule has 4 nitrogen and oxygen atoms in total. The molecular formula is C13H25NO3. The predicted molar refractivity (Wildman–Crippen MR) is 67.1 cm³/mol. The van der Waals surface area contributed by atoms with Crippen molar-refractivity contribution in [3.8, 4) is 0 Å². The van der Waals surface area contributed by atoms with Gasteiger partial charge in [-0.3, -0.25) is 4.79 Å². The van der Waals surface area contributed by atoms with Crippen LogP contribution in [0.4, 0.5) is 0 Å². The highest BCUT2D eigenvalue weighted by Gasteiger charge is 2.24. The van der Waals surface area contributed by atoms with E-state index >= 15 is 0 Å². The van der Waals surface area contributed by atoms with E-state index in [1.165, 1.54) is 25.7 Å². The van der Waals surface area contributed by atoms with Gasteiger partial charge < -0.3 is 15.2 Å². The fourth-order valence-electron chi connectivity index (χ4n) is 2.59. The van der Waals surface area contributed by atoms with Crippen molar-refractivity contribution in [1.82, 2.24) is 5.32 Å². The summed E-state index contributed by atoms with van der Waals surface area (Å²) in [5.74, 6) is -0.131. The number of carboxylic acids is 1. The highest BCUT2D eigenvalue weighted by Crippen LogP contribution is 2.29. The zero-order valence-electron chi connectivity index (χ0n) is 10.9. The fraction of sp³-hybridized carbons (Fsp3) is 0.923. The first-order valence-electron chi connectivity index (χ1n) is 6.70. The Bertz CT molecular complexity index is 233. The minimum absolute atomic E-state index is 0.347. The molecule has 3 atom stereocenters. The molecule has 0 spiro atoms. The summed E-state index contributed by atoms with van der Waals surface area (Å²) >= 11 is 0. The number of carbonyl (C=O) groups is 1. The summed E-state index contributed by atoms with van der Waals surface area (Å²) in [4.78, 5) is 10.8. The van der Waals surface area contributed by atoms with Gasteiger partial charge in [0.15, 0.2) is 0 Å². The molecule has 1 aliphatic rings. The van der Waals surface area contributed by atoms with Gasteiger partial charge in [0.1, 0.15) is 6.04 Å². The molecule has 0 amide bonds. The zero-order valence-corrected chi connectivity index (χ0v) is 10.9. The van der Waals surface area contributed by atoms with Crippen LogP contribution >= 0.6 is 0 Å². The number of carboxylic acid groups (broad SMARTS) is 1. The van der Waals surface area contributed by atoms with Crippen molar-refractivity contribution in [2.75, 3.05) is 13.7 Å². The third-order valence-corrected chi connectivity index (χ3v) is 3.75. The molecule has 0 aliphatic heterocycles. The lowest BCUT2D eigenvalue weighted by Crippen LogP contribution is -2.36. The Morgan fingerprint density at radius 3 is 2.76 bits per heavy atom. The first kappa shape index (κ1) is 14.5. The molecule has 1 rings (SSSR count). The Balaban J connectivity index is 2.26. The van der Waals surface area contributed by atoms with E-state index < -0.39 is 12.0 Å².